The summed E-state index contributed by atoms with van der Waals surface area (Å²) < 4.78 is 0. The van der Waals surface area contributed by atoms with Crippen LogP contribution in [0.2, 0.25) is 5.02 Å². The van der Waals surface area contributed by atoms with Crippen LogP contribution in [-0.2, 0) is 17.6 Å². The normalized spacial score (nSPS) is 17.1. The van der Waals surface area contributed by atoms with Gasteiger partial charge in [-0.05, 0) is 42.5 Å². The Morgan fingerprint density at radius 1 is 1.14 bits per heavy atom. The largest absolute Gasteiger partial charge is 0.397 e. The molecular formula is C17H17ClN2O. The zero-order valence-electron chi connectivity index (χ0n) is 11.6. The zero-order chi connectivity index (χ0) is 14.8. The van der Waals surface area contributed by atoms with Crippen LogP contribution in [0.1, 0.15) is 17.5 Å². The molecule has 0 heterocycles. The second kappa shape index (κ2) is 5.78. The molecule has 1 aliphatic rings. The quantitative estimate of drug-likeness (QED) is 0.832. The number of anilines is 2. The number of hydrogen-bond acceptors (Lipinski definition) is 2. The summed E-state index contributed by atoms with van der Waals surface area (Å²) in [7, 11) is 0. The maximum Gasteiger partial charge on any atom is 0.227 e. The predicted molar refractivity (Wildman–Crippen MR) is 86.5 cm³/mol. The zero-order valence-corrected chi connectivity index (χ0v) is 12.4. The predicted octanol–water partition coefficient (Wildman–Crippen LogP) is 3.67. The molecular weight excluding hydrogens is 284 g/mol. The van der Waals surface area contributed by atoms with Crippen LogP contribution in [-0.4, -0.2) is 5.91 Å². The molecule has 21 heavy (non-hydrogen) atoms. The van der Waals surface area contributed by atoms with E-state index in [0.717, 1.165) is 19.3 Å². The highest BCUT2D eigenvalue weighted by Crippen LogP contribution is 2.30. The number of para-hydroxylation sites is 1. The molecule has 0 bridgehead atoms. The Morgan fingerprint density at radius 2 is 1.90 bits per heavy atom. The van der Waals surface area contributed by atoms with E-state index in [1.807, 2.05) is 12.1 Å². The van der Waals surface area contributed by atoms with Gasteiger partial charge in [0.15, 0.2) is 0 Å². The van der Waals surface area contributed by atoms with Gasteiger partial charge in [-0.3, -0.25) is 4.79 Å². The molecule has 4 heteroatoms. The van der Waals surface area contributed by atoms with Crippen molar-refractivity contribution in [2.45, 2.75) is 19.3 Å². The first-order chi connectivity index (χ1) is 10.1. The van der Waals surface area contributed by atoms with Gasteiger partial charge in [0.1, 0.15) is 0 Å². The lowest BCUT2D eigenvalue weighted by Gasteiger charge is -2.24. The van der Waals surface area contributed by atoms with Gasteiger partial charge in [-0.1, -0.05) is 41.9 Å². The Morgan fingerprint density at radius 3 is 2.67 bits per heavy atom. The van der Waals surface area contributed by atoms with Gasteiger partial charge in [0.2, 0.25) is 5.91 Å². The van der Waals surface area contributed by atoms with Crippen molar-refractivity contribution in [3.05, 3.63) is 58.6 Å². The summed E-state index contributed by atoms with van der Waals surface area (Å²) in [6.07, 6.45) is 2.56. The first-order valence-electron chi connectivity index (χ1n) is 7.07. The second-order valence-corrected chi connectivity index (χ2v) is 5.81. The van der Waals surface area contributed by atoms with E-state index < -0.39 is 0 Å². The number of carbonyl (C=O) groups is 1. The minimum Gasteiger partial charge on any atom is -0.397 e. The fraction of sp³-hybridized carbons (Fsp3) is 0.235. The summed E-state index contributed by atoms with van der Waals surface area (Å²) in [5.74, 6) is -0.0418. The molecule has 0 fully saturated rings. The smallest absolute Gasteiger partial charge is 0.227 e. The molecule has 1 amide bonds. The summed E-state index contributed by atoms with van der Waals surface area (Å²) >= 11 is 6.10. The average Bonchev–Trinajstić information content (AvgIpc) is 2.50. The van der Waals surface area contributed by atoms with E-state index in [1.54, 1.807) is 18.2 Å². The summed E-state index contributed by atoms with van der Waals surface area (Å²) in [5.41, 5.74) is 9.49. The van der Waals surface area contributed by atoms with Gasteiger partial charge in [0, 0.05) is 5.92 Å². The highest BCUT2D eigenvalue weighted by Gasteiger charge is 2.25. The van der Waals surface area contributed by atoms with Gasteiger partial charge in [-0.15, -0.1) is 0 Å². The Bertz CT molecular complexity index is 664. The summed E-state index contributed by atoms with van der Waals surface area (Å²) in [6.45, 7) is 0. The lowest BCUT2D eigenvalue weighted by Crippen LogP contribution is -2.28. The number of benzene rings is 2. The molecule has 3 N–H and O–H groups in total. The highest BCUT2D eigenvalue weighted by atomic mass is 35.5. The van der Waals surface area contributed by atoms with Crippen molar-refractivity contribution in [2.24, 2.45) is 5.92 Å². The third-order valence-electron chi connectivity index (χ3n) is 4.01. The summed E-state index contributed by atoms with van der Waals surface area (Å²) in [4.78, 5) is 12.5. The molecule has 0 saturated heterocycles. The summed E-state index contributed by atoms with van der Waals surface area (Å²) in [6, 6.07) is 13.5. The van der Waals surface area contributed by atoms with Crippen molar-refractivity contribution in [1.29, 1.82) is 0 Å². The van der Waals surface area contributed by atoms with Crippen LogP contribution < -0.4 is 11.1 Å². The van der Waals surface area contributed by atoms with Gasteiger partial charge >= 0.3 is 0 Å². The second-order valence-electron chi connectivity index (χ2n) is 5.40. The van der Waals surface area contributed by atoms with Crippen molar-refractivity contribution < 1.29 is 4.79 Å². The van der Waals surface area contributed by atoms with E-state index in [4.69, 9.17) is 17.3 Å². The van der Waals surface area contributed by atoms with Crippen LogP contribution in [0, 0.1) is 5.92 Å². The van der Waals surface area contributed by atoms with E-state index in [1.165, 1.54) is 11.1 Å². The number of hydrogen-bond donors (Lipinski definition) is 2. The first-order valence-corrected chi connectivity index (χ1v) is 7.44. The van der Waals surface area contributed by atoms with Crippen molar-refractivity contribution in [3.63, 3.8) is 0 Å². The van der Waals surface area contributed by atoms with E-state index in [9.17, 15) is 4.79 Å². The number of halogens is 1. The van der Waals surface area contributed by atoms with Gasteiger partial charge in [-0.2, -0.15) is 0 Å². The Hall–Kier alpha value is -2.00. The van der Waals surface area contributed by atoms with Gasteiger partial charge in [-0.25, -0.2) is 0 Å². The molecule has 2 aromatic carbocycles. The topological polar surface area (TPSA) is 55.1 Å². The molecule has 1 atom stereocenters. The number of rotatable bonds is 2. The SMILES string of the molecule is Nc1cccc(Cl)c1NC(=O)C1CCc2ccccc2C1. The molecule has 0 saturated carbocycles. The number of nitrogen functional groups attached to an aromatic ring is 1. The van der Waals surface area contributed by atoms with Crippen LogP contribution in [0.15, 0.2) is 42.5 Å². The van der Waals surface area contributed by atoms with E-state index in [2.05, 4.69) is 17.4 Å². The monoisotopic (exact) mass is 300 g/mol. The minimum atomic E-state index is -0.0319. The molecule has 1 unspecified atom stereocenters. The molecule has 3 nitrogen and oxygen atoms in total. The van der Waals surface area contributed by atoms with Gasteiger partial charge in [0.05, 0.1) is 16.4 Å². The Kier molecular flexibility index (Phi) is 3.84. The minimum absolute atomic E-state index is 0.00990. The van der Waals surface area contributed by atoms with Crippen LogP contribution >= 0.6 is 11.6 Å². The standard InChI is InChI=1S/C17H17ClN2O/c18-14-6-3-7-15(19)16(14)20-17(21)13-9-8-11-4-1-2-5-12(11)10-13/h1-7,13H,8-10,19H2,(H,20,21). The van der Waals surface area contributed by atoms with E-state index in [0.29, 0.717) is 16.4 Å². The van der Waals surface area contributed by atoms with E-state index in [-0.39, 0.29) is 11.8 Å². The molecule has 0 aliphatic heterocycles. The van der Waals surface area contributed by atoms with Crippen LogP contribution in [0.25, 0.3) is 0 Å². The Labute approximate surface area is 129 Å². The van der Waals surface area contributed by atoms with Crippen molar-refractivity contribution in [3.8, 4) is 0 Å². The van der Waals surface area contributed by atoms with Gasteiger partial charge < -0.3 is 11.1 Å². The van der Waals surface area contributed by atoms with Crippen LogP contribution in [0.5, 0.6) is 0 Å². The first kappa shape index (κ1) is 14.0. The number of nitrogens with two attached hydrogens (primary N) is 1. The maximum absolute atomic E-state index is 12.5. The third-order valence-corrected chi connectivity index (χ3v) is 4.33. The lowest BCUT2D eigenvalue weighted by molar-refractivity contribution is -0.120. The number of aryl methyl sites for hydroxylation is 1. The fourth-order valence-electron chi connectivity index (χ4n) is 2.82. The van der Waals surface area contributed by atoms with Gasteiger partial charge in [0.25, 0.3) is 0 Å². The fourth-order valence-corrected chi connectivity index (χ4v) is 3.05. The molecule has 0 spiro atoms. The molecule has 0 radical (unpaired) electrons. The molecule has 0 aromatic heterocycles. The number of amides is 1. The summed E-state index contributed by atoms with van der Waals surface area (Å²) in [5, 5.41) is 3.35. The Balaban J connectivity index is 1.76. The molecule has 3 rings (SSSR count). The van der Waals surface area contributed by atoms with E-state index >= 15 is 0 Å². The number of carbonyl (C=O) groups excluding carboxylic acids is 1. The van der Waals surface area contributed by atoms with Crippen molar-refractivity contribution in [1.82, 2.24) is 0 Å². The van der Waals surface area contributed by atoms with Crippen LogP contribution in [0.4, 0.5) is 11.4 Å². The molecule has 1 aliphatic carbocycles. The number of fused-ring (bicyclic) bond motifs is 1. The number of nitrogens with one attached hydrogen (secondary N) is 1. The van der Waals surface area contributed by atoms with Crippen LogP contribution in [0.3, 0.4) is 0 Å². The lowest BCUT2D eigenvalue weighted by atomic mass is 9.83. The highest BCUT2D eigenvalue weighted by molar-refractivity contribution is 6.34. The molecule has 2 aromatic rings. The van der Waals surface area contributed by atoms with Crippen molar-refractivity contribution >= 4 is 28.9 Å². The average molecular weight is 301 g/mol. The molecule has 108 valence electrons. The third kappa shape index (κ3) is 2.88. The maximum atomic E-state index is 12.5. The van der Waals surface area contributed by atoms with Crippen molar-refractivity contribution in [2.75, 3.05) is 11.1 Å².